The molecule has 0 aliphatic carbocycles. The number of benzene rings is 2. The predicted molar refractivity (Wildman–Crippen MR) is 114 cm³/mol. The quantitative estimate of drug-likeness (QED) is 0.501. The van der Waals surface area contributed by atoms with Crippen LogP contribution in [0, 0.1) is 0 Å². The topological polar surface area (TPSA) is 64.3 Å². The zero-order valence-corrected chi connectivity index (χ0v) is 15.9. The predicted octanol–water partition coefficient (Wildman–Crippen LogP) is 5.12. The van der Waals surface area contributed by atoms with Gasteiger partial charge in [-0.3, -0.25) is 4.98 Å². The molecule has 1 N–H and O–H groups in total. The van der Waals surface area contributed by atoms with Crippen LogP contribution in [0.5, 0.6) is 5.75 Å². The van der Waals surface area contributed by atoms with Crippen molar-refractivity contribution in [2.45, 2.75) is 6.54 Å². The van der Waals surface area contributed by atoms with E-state index in [2.05, 4.69) is 4.98 Å². The van der Waals surface area contributed by atoms with Crippen LogP contribution in [0.3, 0.4) is 0 Å². The first-order chi connectivity index (χ1) is 14.2. The molecule has 4 aromatic rings. The Hall–Kier alpha value is -3.86. The average molecular weight is 384 g/mol. The van der Waals surface area contributed by atoms with Gasteiger partial charge in [0.25, 0.3) is 0 Å². The second-order valence-electron chi connectivity index (χ2n) is 6.58. The summed E-state index contributed by atoms with van der Waals surface area (Å²) in [6.45, 7) is 0.446. The molecule has 5 heteroatoms. The number of nitrogens with zero attached hydrogens (tertiary/aromatic N) is 2. The molecule has 2 heterocycles. The third kappa shape index (κ3) is 3.75. The van der Waals surface area contributed by atoms with Gasteiger partial charge in [-0.15, -0.1) is 0 Å². The lowest BCUT2D eigenvalue weighted by atomic mass is 10.1. The van der Waals surface area contributed by atoms with Crippen molar-refractivity contribution in [1.29, 1.82) is 0 Å². The molecule has 4 rings (SSSR count). The molecule has 0 amide bonds. The van der Waals surface area contributed by atoms with Crippen molar-refractivity contribution in [2.24, 2.45) is 0 Å². The minimum absolute atomic E-state index is 0.231. The number of pyridine rings is 1. The van der Waals surface area contributed by atoms with E-state index in [-0.39, 0.29) is 5.69 Å². The highest BCUT2D eigenvalue weighted by molar-refractivity contribution is 6.00. The van der Waals surface area contributed by atoms with Crippen molar-refractivity contribution in [3.05, 3.63) is 90.3 Å². The smallest absolute Gasteiger partial charge is 0.352 e. The van der Waals surface area contributed by atoms with Gasteiger partial charge < -0.3 is 14.4 Å². The Balaban J connectivity index is 1.79. The number of hydrogen-bond donors (Lipinski definition) is 1. The van der Waals surface area contributed by atoms with Crippen molar-refractivity contribution in [1.82, 2.24) is 9.55 Å². The normalized spacial score (nSPS) is 11.2. The molecule has 0 saturated carbocycles. The lowest BCUT2D eigenvalue weighted by Crippen LogP contribution is -2.07. The van der Waals surface area contributed by atoms with E-state index in [1.54, 1.807) is 23.9 Å². The minimum atomic E-state index is -0.967. The van der Waals surface area contributed by atoms with Crippen molar-refractivity contribution in [2.75, 3.05) is 7.11 Å². The number of aromatic carboxylic acids is 1. The average Bonchev–Trinajstić information content (AvgIpc) is 3.14. The third-order valence-electron chi connectivity index (χ3n) is 4.79. The molecule has 2 aromatic carbocycles. The number of hydrogen-bond acceptors (Lipinski definition) is 3. The Bertz CT molecular complexity index is 1190. The van der Waals surface area contributed by atoms with Crippen LogP contribution >= 0.6 is 0 Å². The monoisotopic (exact) mass is 384 g/mol. The Kier molecular flexibility index (Phi) is 5.12. The zero-order valence-electron chi connectivity index (χ0n) is 15.9. The molecule has 0 radical (unpaired) electrons. The first-order valence-electron chi connectivity index (χ1n) is 9.25. The van der Waals surface area contributed by atoms with Crippen LogP contribution in [0.2, 0.25) is 0 Å². The number of carbonyl (C=O) groups is 1. The van der Waals surface area contributed by atoms with Gasteiger partial charge in [-0.1, -0.05) is 54.6 Å². The molecule has 144 valence electrons. The van der Waals surface area contributed by atoms with Crippen LogP contribution in [0.4, 0.5) is 0 Å². The van der Waals surface area contributed by atoms with E-state index < -0.39 is 5.97 Å². The zero-order chi connectivity index (χ0) is 20.2. The van der Waals surface area contributed by atoms with Gasteiger partial charge in [0, 0.05) is 23.7 Å². The molecule has 0 bridgehead atoms. The summed E-state index contributed by atoms with van der Waals surface area (Å²) in [6, 6.07) is 21.1. The number of allylic oxidation sites excluding steroid dienone is 1. The summed E-state index contributed by atoms with van der Waals surface area (Å²) in [5, 5.41) is 10.5. The second-order valence-corrected chi connectivity index (χ2v) is 6.58. The summed E-state index contributed by atoms with van der Waals surface area (Å²) >= 11 is 0. The van der Waals surface area contributed by atoms with Crippen molar-refractivity contribution in [3.63, 3.8) is 0 Å². The molecule has 2 aromatic heterocycles. The Morgan fingerprint density at radius 2 is 1.93 bits per heavy atom. The fourth-order valence-corrected chi connectivity index (χ4v) is 3.42. The van der Waals surface area contributed by atoms with E-state index in [4.69, 9.17) is 4.74 Å². The van der Waals surface area contributed by atoms with Gasteiger partial charge in [-0.25, -0.2) is 4.79 Å². The number of fused-ring (bicyclic) bond motifs is 1. The number of aromatic nitrogens is 2. The fraction of sp³-hybridized carbons (Fsp3) is 0.0833. The highest BCUT2D eigenvalue weighted by Crippen LogP contribution is 2.31. The van der Waals surface area contributed by atoms with Crippen molar-refractivity contribution >= 4 is 22.9 Å². The van der Waals surface area contributed by atoms with Crippen LogP contribution in [-0.4, -0.2) is 27.7 Å². The molecule has 0 unspecified atom stereocenters. The summed E-state index contributed by atoms with van der Waals surface area (Å²) in [7, 11) is 1.62. The molecule has 0 spiro atoms. The van der Waals surface area contributed by atoms with Gasteiger partial charge in [0.2, 0.25) is 0 Å². The van der Waals surface area contributed by atoms with Crippen LogP contribution in [0.1, 0.15) is 16.1 Å². The minimum Gasteiger partial charge on any atom is -0.497 e. The van der Waals surface area contributed by atoms with Crippen LogP contribution in [0.15, 0.2) is 79.0 Å². The van der Waals surface area contributed by atoms with E-state index in [9.17, 15) is 9.90 Å². The summed E-state index contributed by atoms with van der Waals surface area (Å²) in [5.74, 6) is -0.240. The summed E-state index contributed by atoms with van der Waals surface area (Å²) in [4.78, 5) is 16.4. The Morgan fingerprint density at radius 1 is 1.10 bits per heavy atom. The van der Waals surface area contributed by atoms with E-state index >= 15 is 0 Å². The number of ether oxygens (including phenoxy) is 1. The van der Waals surface area contributed by atoms with E-state index in [0.717, 1.165) is 33.5 Å². The number of carboxylic acids is 1. The van der Waals surface area contributed by atoms with E-state index in [1.165, 1.54) is 0 Å². The molecular formula is C24H20N2O3. The lowest BCUT2D eigenvalue weighted by Gasteiger charge is -2.07. The maximum atomic E-state index is 11.9. The SMILES string of the molecule is COc1cccc(-c2nccc3c2cc(C(=O)O)n3CC=Cc2ccccc2)c1. The van der Waals surface area contributed by atoms with Gasteiger partial charge in [-0.2, -0.15) is 0 Å². The second kappa shape index (κ2) is 8.02. The molecule has 0 fully saturated rings. The molecule has 29 heavy (non-hydrogen) atoms. The standard InChI is InChI=1S/C24H20N2O3/c1-29-19-11-5-10-18(15-19)23-20-16-22(24(27)28)26(21(20)12-13-25-23)14-6-9-17-7-3-2-4-8-17/h2-13,15-16H,14H2,1H3,(H,27,28). The van der Waals surface area contributed by atoms with Crippen LogP contribution in [-0.2, 0) is 6.54 Å². The number of rotatable bonds is 6. The maximum Gasteiger partial charge on any atom is 0.352 e. The molecule has 0 atom stereocenters. The third-order valence-corrected chi connectivity index (χ3v) is 4.79. The number of methoxy groups -OCH3 is 1. The molecule has 5 nitrogen and oxygen atoms in total. The van der Waals surface area contributed by atoms with Crippen molar-refractivity contribution in [3.8, 4) is 17.0 Å². The van der Waals surface area contributed by atoms with Gasteiger partial charge in [0.15, 0.2) is 0 Å². The van der Waals surface area contributed by atoms with Crippen molar-refractivity contribution < 1.29 is 14.6 Å². The van der Waals surface area contributed by atoms with Gasteiger partial charge in [0.05, 0.1) is 18.3 Å². The summed E-state index contributed by atoms with van der Waals surface area (Å²) < 4.78 is 7.11. The van der Waals surface area contributed by atoms with E-state index in [0.29, 0.717) is 6.54 Å². The van der Waals surface area contributed by atoms with Crippen LogP contribution in [0.25, 0.3) is 28.2 Å². The van der Waals surface area contributed by atoms with Crippen LogP contribution < -0.4 is 4.74 Å². The highest BCUT2D eigenvalue weighted by Gasteiger charge is 2.17. The highest BCUT2D eigenvalue weighted by atomic mass is 16.5. The largest absolute Gasteiger partial charge is 0.497 e. The first-order valence-corrected chi connectivity index (χ1v) is 9.25. The first kappa shape index (κ1) is 18.5. The number of carboxylic acid groups (broad SMARTS) is 1. The molecule has 0 aliphatic rings. The van der Waals surface area contributed by atoms with E-state index in [1.807, 2.05) is 72.8 Å². The lowest BCUT2D eigenvalue weighted by molar-refractivity contribution is 0.0686. The Morgan fingerprint density at radius 3 is 2.69 bits per heavy atom. The van der Waals surface area contributed by atoms with Gasteiger partial charge in [-0.05, 0) is 29.8 Å². The van der Waals surface area contributed by atoms with Gasteiger partial charge in [0.1, 0.15) is 11.4 Å². The molecular weight excluding hydrogens is 364 g/mol. The fourth-order valence-electron chi connectivity index (χ4n) is 3.42. The summed E-state index contributed by atoms with van der Waals surface area (Å²) in [5.41, 5.74) is 3.74. The molecule has 0 saturated heterocycles. The summed E-state index contributed by atoms with van der Waals surface area (Å²) in [6.07, 6.45) is 5.66. The van der Waals surface area contributed by atoms with Gasteiger partial charge >= 0.3 is 5.97 Å². The Labute approximate surface area is 168 Å². The maximum absolute atomic E-state index is 11.9. The molecule has 0 aliphatic heterocycles.